The van der Waals surface area contributed by atoms with Crippen LogP contribution >= 0.6 is 23.2 Å². The molecule has 1 aliphatic heterocycles. The Kier molecular flexibility index (Phi) is 5.88. The van der Waals surface area contributed by atoms with Crippen LogP contribution in [0.15, 0.2) is 18.2 Å². The molecule has 1 fully saturated rings. The molecule has 1 amide bonds. The maximum absolute atomic E-state index is 12.2. The maximum atomic E-state index is 12.2. The molecular formula is C15H20Cl2N2O2. The van der Waals surface area contributed by atoms with E-state index in [2.05, 4.69) is 4.90 Å². The Balaban J connectivity index is 1.86. The Bertz CT molecular complexity index is 502. The lowest BCUT2D eigenvalue weighted by molar-refractivity contribution is -0.132. The summed E-state index contributed by atoms with van der Waals surface area (Å²) >= 11 is 11.9. The number of piperidine rings is 1. The lowest BCUT2D eigenvalue weighted by atomic mass is 10.1. The van der Waals surface area contributed by atoms with Gasteiger partial charge in [0.1, 0.15) is 0 Å². The van der Waals surface area contributed by atoms with Crippen molar-refractivity contribution in [3.8, 4) is 0 Å². The van der Waals surface area contributed by atoms with Crippen LogP contribution in [0.4, 0.5) is 0 Å². The van der Waals surface area contributed by atoms with Gasteiger partial charge in [0.2, 0.25) is 5.91 Å². The summed E-state index contributed by atoms with van der Waals surface area (Å²) in [6.45, 7) is 2.44. The minimum Gasteiger partial charge on any atom is -0.393 e. The molecule has 4 nitrogen and oxygen atoms in total. The fourth-order valence-corrected chi connectivity index (χ4v) is 2.71. The van der Waals surface area contributed by atoms with Crippen LogP contribution < -0.4 is 0 Å². The zero-order valence-corrected chi connectivity index (χ0v) is 13.6. The second-order valence-corrected chi connectivity index (χ2v) is 6.32. The third-order valence-corrected chi connectivity index (χ3v) is 4.48. The quantitative estimate of drug-likeness (QED) is 0.921. The third-order valence-electron chi connectivity index (χ3n) is 3.75. The predicted octanol–water partition coefficient (Wildman–Crippen LogP) is 2.41. The highest BCUT2D eigenvalue weighted by Gasteiger charge is 2.20. The summed E-state index contributed by atoms with van der Waals surface area (Å²) in [5.74, 6) is 0.0671. The predicted molar refractivity (Wildman–Crippen MR) is 84.6 cm³/mol. The van der Waals surface area contributed by atoms with Crippen molar-refractivity contribution >= 4 is 29.1 Å². The van der Waals surface area contributed by atoms with Gasteiger partial charge < -0.3 is 10.0 Å². The monoisotopic (exact) mass is 330 g/mol. The van der Waals surface area contributed by atoms with Gasteiger partial charge in [0, 0.05) is 26.7 Å². The fourth-order valence-electron chi connectivity index (χ4n) is 2.39. The molecule has 6 heteroatoms. The summed E-state index contributed by atoms with van der Waals surface area (Å²) in [6, 6.07) is 5.39. The minimum atomic E-state index is -0.217. The van der Waals surface area contributed by atoms with Gasteiger partial charge in [-0.2, -0.15) is 0 Å². The summed E-state index contributed by atoms with van der Waals surface area (Å²) in [4.78, 5) is 16.0. The van der Waals surface area contributed by atoms with Gasteiger partial charge >= 0.3 is 0 Å². The standard InChI is InChI=1S/C15H20Cl2N2O2/c1-18(9-11-2-3-13(16)14(17)8-11)15(21)10-19-6-4-12(20)5-7-19/h2-3,8,12,20H,4-7,9-10H2,1H3. The van der Waals surface area contributed by atoms with Crippen molar-refractivity contribution < 1.29 is 9.90 Å². The van der Waals surface area contributed by atoms with Crippen LogP contribution in [-0.2, 0) is 11.3 Å². The van der Waals surface area contributed by atoms with E-state index >= 15 is 0 Å². The van der Waals surface area contributed by atoms with E-state index in [1.807, 2.05) is 6.07 Å². The van der Waals surface area contributed by atoms with E-state index in [1.165, 1.54) is 0 Å². The number of hydrogen-bond acceptors (Lipinski definition) is 3. The lowest BCUT2D eigenvalue weighted by Gasteiger charge is -2.30. The molecule has 0 spiro atoms. The van der Waals surface area contributed by atoms with E-state index in [-0.39, 0.29) is 12.0 Å². The van der Waals surface area contributed by atoms with Crippen molar-refractivity contribution in [3.05, 3.63) is 33.8 Å². The van der Waals surface area contributed by atoms with Gasteiger partial charge in [-0.1, -0.05) is 29.3 Å². The van der Waals surface area contributed by atoms with Crippen LogP contribution in [0.25, 0.3) is 0 Å². The van der Waals surface area contributed by atoms with Crippen LogP contribution in [0.5, 0.6) is 0 Å². The second-order valence-electron chi connectivity index (χ2n) is 5.51. The maximum Gasteiger partial charge on any atom is 0.236 e. The molecule has 1 aliphatic rings. The van der Waals surface area contributed by atoms with Crippen LogP contribution in [0.3, 0.4) is 0 Å². The first-order valence-electron chi connectivity index (χ1n) is 7.04. The lowest BCUT2D eigenvalue weighted by Crippen LogP contribution is -2.43. The third kappa shape index (κ3) is 4.85. The Morgan fingerprint density at radius 3 is 2.62 bits per heavy atom. The second kappa shape index (κ2) is 7.45. The highest BCUT2D eigenvalue weighted by Crippen LogP contribution is 2.23. The van der Waals surface area contributed by atoms with Crippen molar-refractivity contribution in [3.63, 3.8) is 0 Å². The van der Waals surface area contributed by atoms with Crippen LogP contribution in [0, 0.1) is 0 Å². The number of hydrogen-bond donors (Lipinski definition) is 1. The van der Waals surface area contributed by atoms with Gasteiger partial charge in [0.05, 0.1) is 22.7 Å². The first-order valence-corrected chi connectivity index (χ1v) is 7.79. The average molecular weight is 331 g/mol. The number of likely N-dealkylation sites (N-methyl/N-ethyl adjacent to an activating group) is 1. The average Bonchev–Trinajstić information content (AvgIpc) is 2.45. The topological polar surface area (TPSA) is 43.8 Å². The van der Waals surface area contributed by atoms with E-state index in [0.717, 1.165) is 31.5 Å². The van der Waals surface area contributed by atoms with Gasteiger partial charge in [0.25, 0.3) is 0 Å². The molecule has 21 heavy (non-hydrogen) atoms. The number of aliphatic hydroxyl groups excluding tert-OH is 1. The van der Waals surface area contributed by atoms with Crippen molar-refractivity contribution in [1.82, 2.24) is 9.80 Å². The summed E-state index contributed by atoms with van der Waals surface area (Å²) in [5, 5.41) is 10.5. The first-order chi connectivity index (χ1) is 9.95. The van der Waals surface area contributed by atoms with Gasteiger partial charge in [-0.3, -0.25) is 9.69 Å². The Morgan fingerprint density at radius 1 is 1.33 bits per heavy atom. The SMILES string of the molecule is CN(Cc1ccc(Cl)c(Cl)c1)C(=O)CN1CCC(O)CC1. The van der Waals surface area contributed by atoms with Gasteiger partial charge in [-0.15, -0.1) is 0 Å². The van der Waals surface area contributed by atoms with Crippen molar-refractivity contribution in [2.45, 2.75) is 25.5 Å². The Labute approximate surface area is 135 Å². The molecule has 1 saturated heterocycles. The molecule has 0 aliphatic carbocycles. The molecule has 1 aromatic rings. The van der Waals surface area contributed by atoms with E-state index < -0.39 is 0 Å². The van der Waals surface area contributed by atoms with E-state index in [0.29, 0.717) is 23.1 Å². The molecule has 0 atom stereocenters. The molecule has 1 heterocycles. The molecule has 1 aromatic carbocycles. The van der Waals surface area contributed by atoms with Crippen molar-refractivity contribution in [2.75, 3.05) is 26.7 Å². The molecular weight excluding hydrogens is 311 g/mol. The molecule has 1 N–H and O–H groups in total. The largest absolute Gasteiger partial charge is 0.393 e. The molecule has 0 aromatic heterocycles. The summed E-state index contributed by atoms with van der Waals surface area (Å²) in [7, 11) is 1.78. The first kappa shape index (κ1) is 16.6. The molecule has 0 radical (unpaired) electrons. The zero-order chi connectivity index (χ0) is 15.4. The number of halogens is 2. The molecule has 116 valence electrons. The van der Waals surface area contributed by atoms with E-state index in [4.69, 9.17) is 23.2 Å². The summed E-state index contributed by atoms with van der Waals surface area (Å²) < 4.78 is 0. The normalized spacial score (nSPS) is 17.0. The van der Waals surface area contributed by atoms with Crippen LogP contribution in [0.2, 0.25) is 10.0 Å². The van der Waals surface area contributed by atoms with Gasteiger partial charge in [-0.05, 0) is 30.5 Å². The molecule has 0 saturated carbocycles. The summed E-state index contributed by atoms with van der Waals surface area (Å²) in [6.07, 6.45) is 1.26. The Morgan fingerprint density at radius 2 is 2.00 bits per heavy atom. The minimum absolute atomic E-state index is 0.0671. The van der Waals surface area contributed by atoms with Gasteiger partial charge in [-0.25, -0.2) is 0 Å². The van der Waals surface area contributed by atoms with E-state index in [1.54, 1.807) is 24.1 Å². The van der Waals surface area contributed by atoms with Gasteiger partial charge in [0.15, 0.2) is 0 Å². The van der Waals surface area contributed by atoms with Crippen molar-refractivity contribution in [2.24, 2.45) is 0 Å². The smallest absolute Gasteiger partial charge is 0.236 e. The van der Waals surface area contributed by atoms with Crippen molar-refractivity contribution in [1.29, 1.82) is 0 Å². The van der Waals surface area contributed by atoms with Crippen LogP contribution in [0.1, 0.15) is 18.4 Å². The highest BCUT2D eigenvalue weighted by atomic mass is 35.5. The summed E-state index contributed by atoms with van der Waals surface area (Å²) in [5.41, 5.74) is 0.953. The number of carbonyl (C=O) groups excluding carboxylic acids is 1. The number of amides is 1. The Hall–Kier alpha value is -0.810. The molecule has 2 rings (SSSR count). The fraction of sp³-hybridized carbons (Fsp3) is 0.533. The number of rotatable bonds is 4. The molecule has 0 unspecified atom stereocenters. The van der Waals surface area contributed by atoms with Crippen LogP contribution in [-0.4, -0.2) is 53.6 Å². The number of nitrogens with zero attached hydrogens (tertiary/aromatic N) is 2. The molecule has 0 bridgehead atoms. The number of benzene rings is 1. The number of likely N-dealkylation sites (tertiary alicyclic amines) is 1. The highest BCUT2D eigenvalue weighted by molar-refractivity contribution is 6.42. The number of carbonyl (C=O) groups is 1. The zero-order valence-electron chi connectivity index (χ0n) is 12.1. The van der Waals surface area contributed by atoms with E-state index in [9.17, 15) is 9.90 Å². The number of aliphatic hydroxyl groups is 1.